The molecule has 0 saturated heterocycles. The molecule has 2 aromatic rings. The second-order valence-electron chi connectivity index (χ2n) is 7.90. The fourth-order valence-corrected chi connectivity index (χ4v) is 6.54. The normalized spacial score (nSPS) is 17.3. The first kappa shape index (κ1) is 23.6. The Labute approximate surface area is 193 Å². The smallest absolute Gasteiger partial charge is 1.00 e. The molecule has 1 unspecified atom stereocenters. The van der Waals surface area contributed by atoms with Crippen molar-refractivity contribution in [3.63, 3.8) is 0 Å². The Morgan fingerprint density at radius 3 is 1.93 bits per heavy atom. The fraction of sp³-hybridized carbons (Fsp3) is 0.292. The van der Waals surface area contributed by atoms with E-state index in [4.69, 9.17) is 0 Å². The standard InChI is InChI=1S/C24H25Si.2ClH.Ti/c1-14-15(2)17(4)23(16(14)3)24-21-13-18-9-7-8-10-19(18)20(21)11-12-22(24)25(5)6;;;/h7-12,16H,1-6H3;2*1H;/q;;;+2/p-2. The molecular weight excluding hydrogens is 435 g/mol. The van der Waals surface area contributed by atoms with Gasteiger partial charge < -0.3 is 24.8 Å². The zero-order chi connectivity index (χ0) is 18.7. The molecule has 0 heterocycles. The quantitative estimate of drug-likeness (QED) is 0.497. The van der Waals surface area contributed by atoms with E-state index in [1.54, 1.807) is 16.0 Å². The second-order valence-corrected chi connectivity index (χ2v) is 11.2. The summed E-state index contributed by atoms with van der Waals surface area (Å²) in [5.74, 6) is 0.512. The summed E-state index contributed by atoms with van der Waals surface area (Å²) in [5, 5.41) is 4.24. The van der Waals surface area contributed by atoms with E-state index >= 15 is 0 Å². The topological polar surface area (TPSA) is 0 Å². The fourth-order valence-electron chi connectivity index (χ4n) is 4.62. The molecule has 4 rings (SSSR count). The Hall–Kier alpha value is -0.699. The van der Waals surface area contributed by atoms with Gasteiger partial charge in [-0.1, -0.05) is 0 Å². The van der Waals surface area contributed by atoms with Crippen LogP contribution in [0, 0.1) is 21.2 Å². The van der Waals surface area contributed by atoms with Crippen LogP contribution in [0.3, 0.4) is 0 Å². The average molecular weight is 460 g/mol. The van der Waals surface area contributed by atoms with E-state index in [1.165, 1.54) is 41.8 Å². The van der Waals surface area contributed by atoms with Crippen LogP contribution < -0.4 is 30.0 Å². The molecule has 143 valence electrons. The first-order valence-corrected chi connectivity index (χ1v) is 12.7. The summed E-state index contributed by atoms with van der Waals surface area (Å²) in [6.45, 7) is 14.2. The molecule has 0 spiro atoms. The summed E-state index contributed by atoms with van der Waals surface area (Å²) in [6, 6.07) is 13.7. The first-order chi connectivity index (χ1) is 12.3. The van der Waals surface area contributed by atoms with Crippen LogP contribution in [-0.2, 0) is 20.4 Å². The Bertz CT molecular complexity index is 1250. The third-order valence-electron chi connectivity index (χ3n) is 6.39. The molecule has 0 radical (unpaired) electrons. The summed E-state index contributed by atoms with van der Waals surface area (Å²) >= 11 is 2.32. The maximum atomic E-state index is 2.43. The van der Waals surface area contributed by atoms with Crippen LogP contribution in [0.15, 0.2) is 53.1 Å². The van der Waals surface area contributed by atoms with Gasteiger partial charge in [-0.2, -0.15) is 0 Å². The van der Waals surface area contributed by atoms with Crippen molar-refractivity contribution >= 4 is 17.9 Å². The maximum Gasteiger partial charge on any atom is -1.00 e. The van der Waals surface area contributed by atoms with Gasteiger partial charge in [-0.15, -0.1) is 0 Å². The Balaban J connectivity index is 0.00000140. The van der Waals surface area contributed by atoms with E-state index in [0.29, 0.717) is 5.92 Å². The minimum atomic E-state index is -0.556. The molecule has 4 heteroatoms. The molecule has 0 saturated carbocycles. The van der Waals surface area contributed by atoms with E-state index in [0.717, 1.165) is 0 Å². The molecular formula is C24H25Cl2SiTi. The van der Waals surface area contributed by atoms with Crippen LogP contribution in [-0.4, -0.2) is 8.41 Å². The Morgan fingerprint density at radius 2 is 1.39 bits per heavy atom. The predicted octanol–water partition coefficient (Wildman–Crippen LogP) is -0.655. The first-order valence-electron chi connectivity index (χ1n) is 9.39. The molecule has 28 heavy (non-hydrogen) atoms. The van der Waals surface area contributed by atoms with E-state index in [2.05, 4.69) is 97.6 Å². The number of rotatable bonds is 1. The largest absolute Gasteiger partial charge is 1.00 e. The summed E-state index contributed by atoms with van der Waals surface area (Å²) in [5.41, 5.74) is 9.15. The molecule has 0 amide bonds. The van der Waals surface area contributed by atoms with Gasteiger partial charge >= 0.3 is 170 Å². The molecule has 0 N–H and O–H groups in total. The molecule has 2 aliphatic carbocycles. The summed E-state index contributed by atoms with van der Waals surface area (Å²) in [7, 11) is -0.556. The second kappa shape index (κ2) is 8.58. The zero-order valence-electron chi connectivity index (χ0n) is 17.3. The molecule has 0 aliphatic heterocycles. The van der Waals surface area contributed by atoms with Gasteiger partial charge in [0.05, 0.1) is 0 Å². The van der Waals surface area contributed by atoms with Crippen molar-refractivity contribution in [1.29, 1.82) is 0 Å². The number of hydrogen-bond donors (Lipinski definition) is 0. The molecule has 2 aliphatic rings. The number of benzene rings is 2. The van der Waals surface area contributed by atoms with Crippen molar-refractivity contribution in [1.82, 2.24) is 0 Å². The van der Waals surface area contributed by atoms with Crippen LogP contribution in [0.2, 0.25) is 13.1 Å². The maximum absolute atomic E-state index is 2.43. The van der Waals surface area contributed by atoms with Crippen LogP contribution in [0.5, 0.6) is 0 Å². The summed E-state index contributed by atoms with van der Waals surface area (Å²) in [6.07, 6.45) is 0. The van der Waals surface area contributed by atoms with Gasteiger partial charge in [0.2, 0.25) is 0 Å². The molecule has 1 atom stereocenters. The van der Waals surface area contributed by atoms with Crippen molar-refractivity contribution in [3.05, 3.63) is 84.7 Å². The third-order valence-corrected chi connectivity index (χ3v) is 8.70. The monoisotopic (exact) mass is 459 g/mol. The predicted molar refractivity (Wildman–Crippen MR) is 109 cm³/mol. The van der Waals surface area contributed by atoms with Gasteiger partial charge in [0.15, 0.2) is 0 Å². The van der Waals surface area contributed by atoms with Crippen molar-refractivity contribution in [3.8, 4) is 0 Å². The van der Waals surface area contributed by atoms with Crippen molar-refractivity contribution in [2.45, 2.75) is 40.8 Å². The van der Waals surface area contributed by atoms with Crippen molar-refractivity contribution in [2.75, 3.05) is 0 Å². The van der Waals surface area contributed by atoms with Gasteiger partial charge in [-0.3, -0.25) is 0 Å². The zero-order valence-corrected chi connectivity index (χ0v) is 21.4. The molecule has 2 aromatic carbocycles. The van der Waals surface area contributed by atoms with Crippen LogP contribution >= 0.6 is 0 Å². The van der Waals surface area contributed by atoms with Gasteiger partial charge in [0, 0.05) is 0 Å². The minimum Gasteiger partial charge on any atom is -1.00 e. The Morgan fingerprint density at radius 1 is 0.786 bits per heavy atom. The van der Waals surface area contributed by atoms with Crippen molar-refractivity contribution < 1.29 is 45.2 Å². The molecule has 0 nitrogen and oxygen atoms in total. The Kier molecular flexibility index (Phi) is 7.22. The van der Waals surface area contributed by atoms with Crippen LogP contribution in [0.1, 0.15) is 38.8 Å². The van der Waals surface area contributed by atoms with Gasteiger partial charge in [0.1, 0.15) is 0 Å². The average Bonchev–Trinajstić information content (AvgIpc) is 3.02. The van der Waals surface area contributed by atoms with Crippen molar-refractivity contribution in [2.24, 2.45) is 5.92 Å². The number of hydrogen-bond acceptors (Lipinski definition) is 0. The van der Waals surface area contributed by atoms with E-state index in [1.807, 2.05) is 0 Å². The van der Waals surface area contributed by atoms with Gasteiger partial charge in [-0.05, 0) is 0 Å². The summed E-state index contributed by atoms with van der Waals surface area (Å²) < 4.78 is 1.45. The van der Waals surface area contributed by atoms with Crippen LogP contribution in [0.4, 0.5) is 0 Å². The van der Waals surface area contributed by atoms with E-state index in [9.17, 15) is 0 Å². The van der Waals surface area contributed by atoms with E-state index in [-0.39, 0.29) is 24.8 Å². The molecule has 0 bridgehead atoms. The minimum absolute atomic E-state index is 0. The summed E-state index contributed by atoms with van der Waals surface area (Å²) in [4.78, 5) is 1.59. The number of allylic oxidation sites excluding steroid dienone is 4. The number of halogens is 2. The molecule has 0 aromatic heterocycles. The van der Waals surface area contributed by atoms with Gasteiger partial charge in [0.25, 0.3) is 0 Å². The SMILES string of the molecule is CC1=C(C)C(C)C(c2c3c(ccc2=[Si](C)C)=c2ccccc2=[C]3[Ti+2])=C1C.[Cl-].[Cl-]. The van der Waals surface area contributed by atoms with Gasteiger partial charge in [-0.25, -0.2) is 0 Å². The number of fused-ring (bicyclic) bond motifs is 2. The van der Waals surface area contributed by atoms with Crippen LogP contribution in [0.25, 0.3) is 9.45 Å². The molecule has 0 fully saturated rings. The van der Waals surface area contributed by atoms with E-state index < -0.39 is 8.41 Å². The third kappa shape index (κ3) is 3.30.